The highest BCUT2D eigenvalue weighted by molar-refractivity contribution is 5.67. The Morgan fingerprint density at radius 2 is 2.19 bits per heavy atom. The van der Waals surface area contributed by atoms with E-state index in [1.165, 1.54) is 11.0 Å². The van der Waals surface area contributed by atoms with E-state index in [2.05, 4.69) is 5.92 Å². The Hall–Kier alpha value is -2.02. The van der Waals surface area contributed by atoms with Crippen molar-refractivity contribution < 1.29 is 14.3 Å². The smallest absolute Gasteiger partial charge is 0.305 e. The van der Waals surface area contributed by atoms with Crippen molar-refractivity contribution in [3.05, 3.63) is 30.1 Å². The van der Waals surface area contributed by atoms with E-state index >= 15 is 0 Å². The van der Waals surface area contributed by atoms with Gasteiger partial charge in [-0.05, 0) is 12.1 Å². The van der Waals surface area contributed by atoms with Crippen LogP contribution in [0.4, 0.5) is 10.1 Å². The standard InChI is InChI=1S/C12H12FNO2/c1-2-8-14(9-7-12(15)16)11-6-4-3-5-10(11)13/h1,3-6H,7-9H2,(H,15,16). The van der Waals surface area contributed by atoms with E-state index in [1.54, 1.807) is 18.2 Å². The Morgan fingerprint density at radius 1 is 1.50 bits per heavy atom. The van der Waals surface area contributed by atoms with Crippen molar-refractivity contribution in [2.75, 3.05) is 18.0 Å². The summed E-state index contributed by atoms with van der Waals surface area (Å²) in [7, 11) is 0. The largest absolute Gasteiger partial charge is 0.481 e. The summed E-state index contributed by atoms with van der Waals surface area (Å²) in [4.78, 5) is 12.0. The predicted octanol–water partition coefficient (Wildman–Crippen LogP) is 1.74. The first-order chi connectivity index (χ1) is 7.65. The number of terminal acetylenes is 1. The SMILES string of the molecule is C#CCN(CCC(=O)O)c1ccccc1F. The molecule has 0 aliphatic carbocycles. The zero-order valence-corrected chi connectivity index (χ0v) is 8.69. The molecule has 4 heteroatoms. The summed E-state index contributed by atoms with van der Waals surface area (Å²) < 4.78 is 13.4. The molecule has 1 aromatic carbocycles. The number of benzene rings is 1. The monoisotopic (exact) mass is 221 g/mol. The number of hydrogen-bond donors (Lipinski definition) is 1. The van der Waals surface area contributed by atoms with Crippen LogP contribution in [0.15, 0.2) is 24.3 Å². The van der Waals surface area contributed by atoms with Gasteiger partial charge in [-0.1, -0.05) is 18.1 Å². The van der Waals surface area contributed by atoms with Crippen LogP contribution in [0.1, 0.15) is 6.42 Å². The lowest BCUT2D eigenvalue weighted by Crippen LogP contribution is -2.27. The molecule has 1 aromatic rings. The quantitative estimate of drug-likeness (QED) is 0.770. The van der Waals surface area contributed by atoms with E-state index in [1.807, 2.05) is 0 Å². The first kappa shape index (κ1) is 12.1. The van der Waals surface area contributed by atoms with Crippen molar-refractivity contribution in [3.8, 4) is 12.3 Å². The topological polar surface area (TPSA) is 40.5 Å². The highest BCUT2D eigenvalue weighted by atomic mass is 19.1. The van der Waals surface area contributed by atoms with Crippen LogP contribution in [0.5, 0.6) is 0 Å². The molecule has 0 aliphatic heterocycles. The summed E-state index contributed by atoms with van der Waals surface area (Å²) in [6.07, 6.45) is 5.09. The predicted molar refractivity (Wildman–Crippen MR) is 59.7 cm³/mol. The molecule has 0 aromatic heterocycles. The number of carbonyl (C=O) groups is 1. The van der Waals surface area contributed by atoms with E-state index < -0.39 is 11.8 Å². The van der Waals surface area contributed by atoms with Crippen LogP contribution in [0.2, 0.25) is 0 Å². The van der Waals surface area contributed by atoms with E-state index in [0.29, 0.717) is 5.69 Å². The molecule has 0 spiro atoms. The van der Waals surface area contributed by atoms with Crippen molar-refractivity contribution >= 4 is 11.7 Å². The lowest BCUT2D eigenvalue weighted by atomic mass is 10.2. The Kier molecular flexibility index (Phi) is 4.34. The summed E-state index contributed by atoms with van der Waals surface area (Å²) in [6.45, 7) is 0.384. The minimum Gasteiger partial charge on any atom is -0.481 e. The fourth-order valence-electron chi connectivity index (χ4n) is 1.33. The van der Waals surface area contributed by atoms with E-state index in [-0.39, 0.29) is 19.5 Å². The van der Waals surface area contributed by atoms with Gasteiger partial charge in [0.2, 0.25) is 0 Å². The summed E-state index contributed by atoms with van der Waals surface area (Å²) in [5.74, 6) is 1.05. The van der Waals surface area contributed by atoms with Gasteiger partial charge in [-0.2, -0.15) is 0 Å². The molecule has 0 bridgehead atoms. The number of carboxylic acid groups (broad SMARTS) is 1. The maximum Gasteiger partial charge on any atom is 0.305 e. The Labute approximate surface area is 93.5 Å². The summed E-state index contributed by atoms with van der Waals surface area (Å²) in [6, 6.07) is 6.15. The highest BCUT2D eigenvalue weighted by Crippen LogP contribution is 2.18. The molecule has 1 rings (SSSR count). The lowest BCUT2D eigenvalue weighted by Gasteiger charge is -2.21. The Morgan fingerprint density at radius 3 is 2.75 bits per heavy atom. The van der Waals surface area contributed by atoms with Crippen molar-refractivity contribution in [3.63, 3.8) is 0 Å². The summed E-state index contributed by atoms with van der Waals surface area (Å²) in [5.41, 5.74) is 0.335. The Bertz CT molecular complexity index is 412. The molecule has 0 fully saturated rings. The van der Waals surface area contributed by atoms with Crippen LogP contribution in [0.25, 0.3) is 0 Å². The summed E-state index contributed by atoms with van der Waals surface area (Å²) in [5, 5.41) is 8.57. The van der Waals surface area contributed by atoms with Gasteiger partial charge in [0.15, 0.2) is 0 Å². The van der Waals surface area contributed by atoms with Gasteiger partial charge in [0.05, 0.1) is 18.7 Å². The highest BCUT2D eigenvalue weighted by Gasteiger charge is 2.11. The molecule has 3 nitrogen and oxygen atoms in total. The number of hydrogen-bond acceptors (Lipinski definition) is 2. The molecular weight excluding hydrogens is 209 g/mol. The third kappa shape index (κ3) is 3.28. The van der Waals surface area contributed by atoms with Gasteiger partial charge in [0.1, 0.15) is 5.82 Å². The molecule has 1 N–H and O–H groups in total. The number of nitrogens with zero attached hydrogens (tertiary/aromatic N) is 1. The molecular formula is C12H12FNO2. The third-order valence-electron chi connectivity index (χ3n) is 2.07. The second-order valence-corrected chi connectivity index (χ2v) is 3.22. The van der Waals surface area contributed by atoms with Gasteiger partial charge in [-0.25, -0.2) is 4.39 Å². The molecule has 0 atom stereocenters. The molecule has 0 aliphatic rings. The van der Waals surface area contributed by atoms with Gasteiger partial charge >= 0.3 is 5.97 Å². The number of para-hydroxylation sites is 1. The van der Waals surface area contributed by atoms with Crippen molar-refractivity contribution in [1.82, 2.24) is 0 Å². The maximum atomic E-state index is 13.4. The second-order valence-electron chi connectivity index (χ2n) is 3.22. The molecule has 0 saturated heterocycles. The molecule has 84 valence electrons. The average molecular weight is 221 g/mol. The molecule has 16 heavy (non-hydrogen) atoms. The number of halogens is 1. The average Bonchev–Trinajstić information content (AvgIpc) is 2.25. The van der Waals surface area contributed by atoms with E-state index in [4.69, 9.17) is 11.5 Å². The molecule has 0 radical (unpaired) electrons. The molecule has 0 amide bonds. The van der Waals surface area contributed by atoms with Crippen molar-refractivity contribution in [2.45, 2.75) is 6.42 Å². The normalized spacial score (nSPS) is 9.50. The summed E-state index contributed by atoms with van der Waals surface area (Å²) >= 11 is 0. The van der Waals surface area contributed by atoms with Gasteiger partial charge in [-0.3, -0.25) is 4.79 Å². The van der Waals surface area contributed by atoms with Gasteiger partial charge in [0, 0.05) is 6.54 Å². The minimum absolute atomic E-state index is 0.0734. The van der Waals surface area contributed by atoms with Crippen molar-refractivity contribution in [2.24, 2.45) is 0 Å². The first-order valence-electron chi connectivity index (χ1n) is 4.80. The zero-order valence-electron chi connectivity index (χ0n) is 8.69. The third-order valence-corrected chi connectivity index (χ3v) is 2.07. The molecule has 0 heterocycles. The van der Waals surface area contributed by atoms with Gasteiger partial charge in [0.25, 0.3) is 0 Å². The van der Waals surface area contributed by atoms with E-state index in [0.717, 1.165) is 0 Å². The fraction of sp³-hybridized carbons (Fsp3) is 0.250. The lowest BCUT2D eigenvalue weighted by molar-refractivity contribution is -0.136. The number of rotatable bonds is 5. The zero-order chi connectivity index (χ0) is 12.0. The van der Waals surface area contributed by atoms with E-state index in [9.17, 15) is 9.18 Å². The van der Waals surface area contributed by atoms with Crippen LogP contribution in [0.3, 0.4) is 0 Å². The minimum atomic E-state index is -0.932. The van der Waals surface area contributed by atoms with Crippen LogP contribution >= 0.6 is 0 Å². The first-order valence-corrected chi connectivity index (χ1v) is 4.80. The number of aliphatic carboxylic acids is 1. The fourth-order valence-corrected chi connectivity index (χ4v) is 1.33. The van der Waals surface area contributed by atoms with Crippen LogP contribution in [-0.2, 0) is 4.79 Å². The van der Waals surface area contributed by atoms with Gasteiger partial charge < -0.3 is 10.0 Å². The number of anilines is 1. The molecule has 0 unspecified atom stereocenters. The van der Waals surface area contributed by atoms with Crippen LogP contribution < -0.4 is 4.90 Å². The van der Waals surface area contributed by atoms with Crippen LogP contribution in [-0.4, -0.2) is 24.2 Å². The molecule has 0 saturated carbocycles. The maximum absolute atomic E-state index is 13.4. The van der Waals surface area contributed by atoms with Gasteiger partial charge in [-0.15, -0.1) is 6.42 Å². The Balaban J connectivity index is 2.81. The van der Waals surface area contributed by atoms with Crippen LogP contribution in [0, 0.1) is 18.2 Å². The van der Waals surface area contributed by atoms with Crippen molar-refractivity contribution in [1.29, 1.82) is 0 Å². The number of carboxylic acids is 1. The second kappa shape index (κ2) is 5.76.